The van der Waals surface area contributed by atoms with Crippen molar-refractivity contribution in [2.45, 2.75) is 38.3 Å². The highest BCUT2D eigenvalue weighted by molar-refractivity contribution is 5.77. The van der Waals surface area contributed by atoms with Gasteiger partial charge in [-0.3, -0.25) is 4.79 Å². The van der Waals surface area contributed by atoms with E-state index in [1.165, 1.54) is 11.1 Å². The number of carbonyl (C=O) groups is 1. The van der Waals surface area contributed by atoms with E-state index < -0.39 is 0 Å². The number of hydrogen-bond acceptors (Lipinski definition) is 2. The summed E-state index contributed by atoms with van der Waals surface area (Å²) in [5.41, 5.74) is 2.58. The molecule has 0 aliphatic carbocycles. The Balaban J connectivity index is 1.70. The summed E-state index contributed by atoms with van der Waals surface area (Å²) >= 11 is 0. The van der Waals surface area contributed by atoms with Crippen LogP contribution in [-0.4, -0.2) is 30.2 Å². The molecule has 0 saturated carbocycles. The number of carbonyl (C=O) groups excluding carboxylic acids is 1. The van der Waals surface area contributed by atoms with E-state index in [-0.39, 0.29) is 17.6 Å². The van der Waals surface area contributed by atoms with Gasteiger partial charge in [0, 0.05) is 12.0 Å². The molecular formula is C22H25NO2. The molecule has 0 N–H and O–H groups in total. The molecule has 2 aromatic rings. The highest BCUT2D eigenvalue weighted by Crippen LogP contribution is 2.44. The van der Waals surface area contributed by atoms with Gasteiger partial charge < -0.3 is 9.64 Å². The molecule has 1 amide bonds. The Bertz CT molecular complexity index is 672. The molecule has 3 nitrogen and oxygen atoms in total. The van der Waals surface area contributed by atoms with E-state index in [1.54, 1.807) is 0 Å². The molecule has 0 radical (unpaired) electrons. The molecule has 2 saturated heterocycles. The molecule has 2 heterocycles. The monoisotopic (exact) mass is 335 g/mol. The molecule has 25 heavy (non-hydrogen) atoms. The third-order valence-electron chi connectivity index (χ3n) is 5.59. The SMILES string of the molecule is O=C1CCOC2N1CCCC2(Cc1ccccc1)Cc1ccccc1. The quantitative estimate of drug-likeness (QED) is 0.850. The van der Waals surface area contributed by atoms with E-state index in [9.17, 15) is 4.79 Å². The summed E-state index contributed by atoms with van der Waals surface area (Å²) in [6.45, 7) is 1.38. The Labute approximate surface area is 149 Å². The van der Waals surface area contributed by atoms with Gasteiger partial charge in [-0.25, -0.2) is 0 Å². The predicted octanol–water partition coefficient (Wildman–Crippen LogP) is 3.83. The minimum atomic E-state index is -0.108. The van der Waals surface area contributed by atoms with Crippen LogP contribution >= 0.6 is 0 Å². The van der Waals surface area contributed by atoms with Crippen LogP contribution < -0.4 is 0 Å². The largest absolute Gasteiger partial charge is 0.357 e. The van der Waals surface area contributed by atoms with Crippen molar-refractivity contribution in [3.8, 4) is 0 Å². The summed E-state index contributed by atoms with van der Waals surface area (Å²) in [5.74, 6) is 0.251. The molecule has 2 aliphatic rings. The summed E-state index contributed by atoms with van der Waals surface area (Å²) in [7, 11) is 0. The van der Waals surface area contributed by atoms with E-state index in [0.29, 0.717) is 13.0 Å². The summed E-state index contributed by atoms with van der Waals surface area (Å²) in [6, 6.07) is 21.3. The van der Waals surface area contributed by atoms with Crippen LogP contribution in [-0.2, 0) is 22.4 Å². The standard InChI is InChI=1S/C22H25NO2/c24-20-12-15-25-21-22(13-7-14-23(20)21,16-18-8-3-1-4-9-18)17-19-10-5-2-6-11-19/h1-6,8-11,21H,7,12-17H2. The minimum Gasteiger partial charge on any atom is -0.357 e. The number of rotatable bonds is 4. The number of amides is 1. The molecular weight excluding hydrogens is 310 g/mol. The average molecular weight is 335 g/mol. The number of hydrogen-bond donors (Lipinski definition) is 0. The zero-order valence-electron chi connectivity index (χ0n) is 14.6. The van der Waals surface area contributed by atoms with Crippen molar-refractivity contribution in [3.63, 3.8) is 0 Å². The number of benzene rings is 2. The van der Waals surface area contributed by atoms with Gasteiger partial charge in [0.05, 0.1) is 13.0 Å². The first-order chi connectivity index (χ1) is 12.3. The highest BCUT2D eigenvalue weighted by Gasteiger charge is 2.48. The number of fused-ring (bicyclic) bond motifs is 1. The lowest BCUT2D eigenvalue weighted by Crippen LogP contribution is -2.60. The van der Waals surface area contributed by atoms with Gasteiger partial charge in [0.25, 0.3) is 0 Å². The third kappa shape index (κ3) is 3.34. The first kappa shape index (κ1) is 16.3. The van der Waals surface area contributed by atoms with Crippen molar-refractivity contribution in [2.24, 2.45) is 5.41 Å². The fourth-order valence-corrected chi connectivity index (χ4v) is 4.52. The second-order valence-electron chi connectivity index (χ2n) is 7.35. The van der Waals surface area contributed by atoms with E-state index in [1.807, 2.05) is 4.90 Å². The van der Waals surface area contributed by atoms with Crippen molar-refractivity contribution < 1.29 is 9.53 Å². The molecule has 2 aromatic carbocycles. The summed E-state index contributed by atoms with van der Waals surface area (Å²) in [5, 5.41) is 0. The first-order valence-corrected chi connectivity index (χ1v) is 9.26. The van der Waals surface area contributed by atoms with Crippen LogP contribution in [0.1, 0.15) is 30.4 Å². The van der Waals surface area contributed by atoms with Crippen LogP contribution in [0.25, 0.3) is 0 Å². The van der Waals surface area contributed by atoms with Crippen LogP contribution in [0.5, 0.6) is 0 Å². The summed E-state index contributed by atoms with van der Waals surface area (Å²) in [6.07, 6.45) is 4.43. The fourth-order valence-electron chi connectivity index (χ4n) is 4.52. The normalized spacial score (nSPS) is 22.5. The first-order valence-electron chi connectivity index (χ1n) is 9.26. The van der Waals surface area contributed by atoms with Gasteiger partial charge >= 0.3 is 0 Å². The van der Waals surface area contributed by atoms with Crippen LogP contribution in [0.2, 0.25) is 0 Å². The smallest absolute Gasteiger partial charge is 0.226 e. The van der Waals surface area contributed by atoms with Crippen molar-refractivity contribution >= 4 is 5.91 Å². The van der Waals surface area contributed by atoms with Crippen LogP contribution in [0.15, 0.2) is 60.7 Å². The lowest BCUT2D eigenvalue weighted by molar-refractivity contribution is -0.196. The molecule has 0 aromatic heterocycles. The minimum absolute atomic E-state index is 0.0585. The molecule has 0 spiro atoms. The van der Waals surface area contributed by atoms with E-state index >= 15 is 0 Å². The maximum Gasteiger partial charge on any atom is 0.226 e. The number of piperidine rings is 1. The van der Waals surface area contributed by atoms with Gasteiger partial charge in [0.15, 0.2) is 0 Å². The van der Waals surface area contributed by atoms with Gasteiger partial charge in [-0.15, -0.1) is 0 Å². The molecule has 2 fully saturated rings. The highest BCUT2D eigenvalue weighted by atomic mass is 16.5. The Morgan fingerprint density at radius 3 is 2.16 bits per heavy atom. The Morgan fingerprint density at radius 2 is 1.56 bits per heavy atom. The lowest BCUT2D eigenvalue weighted by Gasteiger charge is -2.51. The molecule has 2 aliphatic heterocycles. The maximum absolute atomic E-state index is 12.5. The maximum atomic E-state index is 12.5. The number of nitrogens with zero attached hydrogens (tertiary/aromatic N) is 1. The predicted molar refractivity (Wildman–Crippen MR) is 98.0 cm³/mol. The van der Waals surface area contributed by atoms with Gasteiger partial charge in [-0.1, -0.05) is 60.7 Å². The second-order valence-corrected chi connectivity index (χ2v) is 7.35. The second kappa shape index (κ2) is 7.01. The zero-order chi connectivity index (χ0) is 17.1. The van der Waals surface area contributed by atoms with Crippen molar-refractivity contribution in [2.75, 3.05) is 13.2 Å². The summed E-state index contributed by atoms with van der Waals surface area (Å²) in [4.78, 5) is 14.5. The summed E-state index contributed by atoms with van der Waals surface area (Å²) < 4.78 is 6.22. The molecule has 4 rings (SSSR count). The van der Waals surface area contributed by atoms with E-state index in [0.717, 1.165) is 32.2 Å². The Hall–Kier alpha value is -2.13. The van der Waals surface area contributed by atoms with E-state index in [2.05, 4.69) is 60.7 Å². The molecule has 1 atom stereocenters. The molecule has 130 valence electrons. The van der Waals surface area contributed by atoms with Crippen molar-refractivity contribution in [1.29, 1.82) is 0 Å². The van der Waals surface area contributed by atoms with Crippen molar-refractivity contribution in [3.05, 3.63) is 71.8 Å². The van der Waals surface area contributed by atoms with Crippen LogP contribution in [0.4, 0.5) is 0 Å². The zero-order valence-corrected chi connectivity index (χ0v) is 14.6. The lowest BCUT2D eigenvalue weighted by atomic mass is 9.69. The molecule has 3 heteroatoms. The average Bonchev–Trinajstić information content (AvgIpc) is 2.64. The van der Waals surface area contributed by atoms with Gasteiger partial charge in [-0.05, 0) is 36.8 Å². The topological polar surface area (TPSA) is 29.5 Å². The van der Waals surface area contributed by atoms with Gasteiger partial charge in [0.2, 0.25) is 5.91 Å². The van der Waals surface area contributed by atoms with Gasteiger partial charge in [-0.2, -0.15) is 0 Å². The van der Waals surface area contributed by atoms with Gasteiger partial charge in [0.1, 0.15) is 6.23 Å². The number of ether oxygens (including phenoxy) is 1. The fraction of sp³-hybridized carbons (Fsp3) is 0.409. The van der Waals surface area contributed by atoms with Crippen LogP contribution in [0.3, 0.4) is 0 Å². The third-order valence-corrected chi connectivity index (χ3v) is 5.59. The molecule has 1 unspecified atom stereocenters. The van der Waals surface area contributed by atoms with Crippen molar-refractivity contribution in [1.82, 2.24) is 4.90 Å². The van der Waals surface area contributed by atoms with E-state index in [4.69, 9.17) is 4.74 Å². The Kier molecular flexibility index (Phi) is 4.58. The Morgan fingerprint density at radius 1 is 0.960 bits per heavy atom. The molecule has 0 bridgehead atoms. The van der Waals surface area contributed by atoms with Crippen LogP contribution in [0, 0.1) is 5.41 Å².